The van der Waals surface area contributed by atoms with Crippen molar-refractivity contribution in [2.75, 3.05) is 13.7 Å². The number of ether oxygens (including phenoxy) is 1. The standard InChI is InChI=1S/C11H19N3O2/c1-3-6-14-10(7-12-13-14)11(15,8-16-2)9-4-5-9/h7,9,15H,3-6,8H2,1-2H3. The van der Waals surface area contributed by atoms with Gasteiger partial charge in [0, 0.05) is 13.7 Å². The molecule has 2 rings (SSSR count). The summed E-state index contributed by atoms with van der Waals surface area (Å²) in [6.07, 6.45) is 4.74. The lowest BCUT2D eigenvalue weighted by Crippen LogP contribution is -2.36. The van der Waals surface area contributed by atoms with Gasteiger partial charge in [0.25, 0.3) is 0 Å². The summed E-state index contributed by atoms with van der Waals surface area (Å²) in [4.78, 5) is 0. The zero-order valence-electron chi connectivity index (χ0n) is 9.89. The molecule has 1 aromatic rings. The van der Waals surface area contributed by atoms with Gasteiger partial charge in [-0.1, -0.05) is 12.1 Å². The first kappa shape index (κ1) is 11.5. The average Bonchev–Trinajstić information content (AvgIpc) is 3.01. The second-order valence-corrected chi connectivity index (χ2v) is 4.47. The molecule has 1 heterocycles. The second-order valence-electron chi connectivity index (χ2n) is 4.47. The van der Waals surface area contributed by atoms with Crippen molar-refractivity contribution in [1.82, 2.24) is 15.0 Å². The van der Waals surface area contributed by atoms with Crippen molar-refractivity contribution in [3.8, 4) is 0 Å². The number of methoxy groups -OCH3 is 1. The molecule has 1 N–H and O–H groups in total. The van der Waals surface area contributed by atoms with Crippen molar-refractivity contribution in [3.63, 3.8) is 0 Å². The van der Waals surface area contributed by atoms with Crippen molar-refractivity contribution in [2.24, 2.45) is 5.92 Å². The van der Waals surface area contributed by atoms with Crippen LogP contribution in [0.1, 0.15) is 31.9 Å². The van der Waals surface area contributed by atoms with Crippen molar-refractivity contribution in [1.29, 1.82) is 0 Å². The molecule has 1 aromatic heterocycles. The summed E-state index contributed by atoms with van der Waals surface area (Å²) in [6.45, 7) is 3.18. The Balaban J connectivity index is 2.27. The lowest BCUT2D eigenvalue weighted by molar-refractivity contribution is -0.0595. The molecule has 1 saturated carbocycles. The van der Waals surface area contributed by atoms with Gasteiger partial charge in [-0.05, 0) is 25.2 Å². The normalized spacial score (nSPS) is 19.7. The number of hydrogen-bond donors (Lipinski definition) is 1. The maximum absolute atomic E-state index is 10.7. The van der Waals surface area contributed by atoms with E-state index < -0.39 is 5.60 Å². The minimum absolute atomic E-state index is 0.293. The van der Waals surface area contributed by atoms with Gasteiger partial charge in [0.1, 0.15) is 5.60 Å². The zero-order chi connectivity index (χ0) is 11.6. The number of nitrogens with zero attached hydrogens (tertiary/aromatic N) is 3. The summed E-state index contributed by atoms with van der Waals surface area (Å²) in [5.74, 6) is 0.293. The summed E-state index contributed by atoms with van der Waals surface area (Å²) in [6, 6.07) is 0. The summed E-state index contributed by atoms with van der Waals surface area (Å²) in [5, 5.41) is 18.6. The lowest BCUT2D eigenvalue weighted by atomic mass is 9.95. The first-order valence-corrected chi connectivity index (χ1v) is 5.82. The molecule has 0 aromatic carbocycles. The number of hydrogen-bond acceptors (Lipinski definition) is 4. The highest BCUT2D eigenvalue weighted by Gasteiger charge is 2.47. The SMILES string of the molecule is CCCn1nncc1C(O)(COC)C1CC1. The highest BCUT2D eigenvalue weighted by atomic mass is 16.5. The Morgan fingerprint density at radius 3 is 2.94 bits per heavy atom. The van der Waals surface area contributed by atoms with E-state index in [1.807, 2.05) is 0 Å². The Bertz CT molecular complexity index is 349. The fourth-order valence-corrected chi connectivity index (χ4v) is 2.15. The largest absolute Gasteiger partial charge is 0.381 e. The molecule has 1 fully saturated rings. The Kier molecular flexibility index (Phi) is 3.25. The lowest BCUT2D eigenvalue weighted by Gasteiger charge is -2.27. The molecule has 1 aliphatic carbocycles. The summed E-state index contributed by atoms with van der Waals surface area (Å²) in [7, 11) is 1.61. The van der Waals surface area contributed by atoms with Gasteiger partial charge in [0.05, 0.1) is 18.5 Å². The van der Waals surface area contributed by atoms with Gasteiger partial charge in [-0.15, -0.1) is 5.10 Å². The van der Waals surface area contributed by atoms with Gasteiger partial charge in [-0.2, -0.15) is 0 Å². The molecule has 0 spiro atoms. The van der Waals surface area contributed by atoms with Crippen LogP contribution in [-0.2, 0) is 16.9 Å². The van der Waals surface area contributed by atoms with E-state index in [-0.39, 0.29) is 0 Å². The quantitative estimate of drug-likeness (QED) is 0.782. The zero-order valence-corrected chi connectivity index (χ0v) is 9.89. The van der Waals surface area contributed by atoms with Crippen LogP contribution in [0.5, 0.6) is 0 Å². The number of aliphatic hydroxyl groups is 1. The monoisotopic (exact) mass is 225 g/mol. The first-order valence-electron chi connectivity index (χ1n) is 5.82. The highest BCUT2D eigenvalue weighted by Crippen LogP contribution is 2.45. The van der Waals surface area contributed by atoms with Crippen molar-refractivity contribution in [2.45, 2.75) is 38.3 Å². The van der Waals surface area contributed by atoms with Crippen molar-refractivity contribution >= 4 is 0 Å². The van der Waals surface area contributed by atoms with E-state index in [0.717, 1.165) is 31.5 Å². The third-order valence-electron chi connectivity index (χ3n) is 3.11. The molecule has 5 heteroatoms. The average molecular weight is 225 g/mol. The van der Waals surface area contributed by atoms with E-state index in [1.165, 1.54) is 0 Å². The predicted octanol–water partition coefficient (Wildman–Crippen LogP) is 0.932. The molecule has 1 unspecified atom stereocenters. The van der Waals surface area contributed by atoms with E-state index in [9.17, 15) is 5.11 Å². The van der Waals surface area contributed by atoms with Gasteiger partial charge in [-0.3, -0.25) is 0 Å². The molecule has 0 aliphatic heterocycles. The maximum atomic E-state index is 10.7. The smallest absolute Gasteiger partial charge is 0.134 e. The molecule has 16 heavy (non-hydrogen) atoms. The van der Waals surface area contributed by atoms with Crippen LogP contribution >= 0.6 is 0 Å². The van der Waals surface area contributed by atoms with Gasteiger partial charge in [0.15, 0.2) is 0 Å². The Hall–Kier alpha value is -0.940. The Morgan fingerprint density at radius 2 is 2.38 bits per heavy atom. The van der Waals surface area contributed by atoms with Crippen LogP contribution in [-0.4, -0.2) is 33.8 Å². The summed E-state index contributed by atoms with van der Waals surface area (Å²) < 4.78 is 6.94. The number of rotatable bonds is 6. The molecule has 5 nitrogen and oxygen atoms in total. The fraction of sp³-hybridized carbons (Fsp3) is 0.818. The molecule has 1 aliphatic rings. The Labute approximate surface area is 95.4 Å². The van der Waals surface area contributed by atoms with Gasteiger partial charge in [-0.25, -0.2) is 4.68 Å². The molecule has 0 saturated heterocycles. The minimum atomic E-state index is -0.909. The molecule has 0 bridgehead atoms. The molecule has 0 amide bonds. The summed E-state index contributed by atoms with van der Waals surface area (Å²) in [5.41, 5.74) is -0.119. The van der Waals surface area contributed by atoms with Gasteiger partial charge in [0.2, 0.25) is 0 Å². The molecular weight excluding hydrogens is 206 g/mol. The van der Waals surface area contributed by atoms with Crippen LogP contribution in [0.15, 0.2) is 6.20 Å². The number of aryl methyl sites for hydroxylation is 1. The third kappa shape index (κ3) is 1.97. The highest BCUT2D eigenvalue weighted by molar-refractivity contribution is 5.14. The predicted molar refractivity (Wildman–Crippen MR) is 58.8 cm³/mol. The number of aromatic nitrogens is 3. The second kappa shape index (κ2) is 4.51. The maximum Gasteiger partial charge on any atom is 0.134 e. The van der Waals surface area contributed by atoms with Crippen LogP contribution < -0.4 is 0 Å². The fourth-order valence-electron chi connectivity index (χ4n) is 2.15. The van der Waals surface area contributed by atoms with E-state index >= 15 is 0 Å². The third-order valence-corrected chi connectivity index (χ3v) is 3.11. The molecule has 0 radical (unpaired) electrons. The first-order chi connectivity index (χ1) is 7.72. The molecular formula is C11H19N3O2. The van der Waals surface area contributed by atoms with Gasteiger partial charge >= 0.3 is 0 Å². The van der Waals surface area contributed by atoms with Crippen LogP contribution in [0, 0.1) is 5.92 Å². The van der Waals surface area contributed by atoms with E-state index in [1.54, 1.807) is 18.0 Å². The van der Waals surface area contributed by atoms with E-state index in [4.69, 9.17) is 4.74 Å². The Morgan fingerprint density at radius 1 is 1.62 bits per heavy atom. The minimum Gasteiger partial charge on any atom is -0.381 e. The summed E-state index contributed by atoms with van der Waals surface area (Å²) >= 11 is 0. The van der Waals surface area contributed by atoms with Crippen LogP contribution in [0.2, 0.25) is 0 Å². The molecule has 1 atom stereocenters. The van der Waals surface area contributed by atoms with Crippen LogP contribution in [0.4, 0.5) is 0 Å². The molecule has 90 valence electrons. The topological polar surface area (TPSA) is 60.2 Å². The van der Waals surface area contributed by atoms with E-state index in [2.05, 4.69) is 17.2 Å². The van der Waals surface area contributed by atoms with Crippen LogP contribution in [0.3, 0.4) is 0 Å². The van der Waals surface area contributed by atoms with E-state index in [0.29, 0.717) is 12.5 Å². The van der Waals surface area contributed by atoms with Crippen LogP contribution in [0.25, 0.3) is 0 Å². The van der Waals surface area contributed by atoms with Gasteiger partial charge < -0.3 is 9.84 Å². The van der Waals surface area contributed by atoms with Crippen molar-refractivity contribution in [3.05, 3.63) is 11.9 Å². The van der Waals surface area contributed by atoms with Crippen molar-refractivity contribution < 1.29 is 9.84 Å².